The summed E-state index contributed by atoms with van der Waals surface area (Å²) in [6, 6.07) is 3.60. The molecule has 0 aliphatic carbocycles. The van der Waals surface area contributed by atoms with E-state index in [2.05, 4.69) is 16.8 Å². The molecule has 0 bridgehead atoms. The van der Waals surface area contributed by atoms with Crippen molar-refractivity contribution in [2.75, 3.05) is 61.2 Å². The lowest BCUT2D eigenvalue weighted by Gasteiger charge is -2.37. The maximum absolute atomic E-state index is 9.92. The Morgan fingerprint density at radius 2 is 1.50 bits per heavy atom. The molecule has 1 unspecified atom stereocenters. The summed E-state index contributed by atoms with van der Waals surface area (Å²) in [5.41, 5.74) is 0.923. The number of piperazine rings is 1. The Labute approximate surface area is 132 Å². The Bertz CT molecular complexity index is 487. The van der Waals surface area contributed by atoms with Gasteiger partial charge in [-0.05, 0) is 13.1 Å². The Balaban J connectivity index is 2.34. The van der Waals surface area contributed by atoms with Gasteiger partial charge in [-0.15, -0.1) is 0 Å². The van der Waals surface area contributed by atoms with E-state index in [4.69, 9.17) is 14.2 Å². The largest absolute Gasteiger partial charge is 0.496 e. The summed E-state index contributed by atoms with van der Waals surface area (Å²) < 4.78 is 16.2. The lowest BCUT2D eigenvalue weighted by molar-refractivity contribution is 0.0733. The predicted molar refractivity (Wildman–Crippen MR) is 85.0 cm³/mol. The van der Waals surface area contributed by atoms with Crippen molar-refractivity contribution in [3.63, 3.8) is 0 Å². The number of likely N-dealkylation sites (N-methyl/N-ethyl adjacent to an activating group) is 1. The molecule has 0 amide bonds. The van der Waals surface area contributed by atoms with Crippen molar-refractivity contribution in [1.82, 2.24) is 9.80 Å². The third-order valence-corrected chi connectivity index (χ3v) is 4.25. The molecule has 1 aromatic rings. The standard InChI is InChI=1S/C16H26N2O4/c1-17-5-7-18(8-6-17)13(11-19)12-9-15(21-3)16(22-4)10-14(12)20-2/h9-10,13,19H,5-8,11H2,1-4H3. The van der Waals surface area contributed by atoms with E-state index in [-0.39, 0.29) is 12.6 Å². The maximum atomic E-state index is 9.92. The molecule has 1 aliphatic rings. The fourth-order valence-corrected chi connectivity index (χ4v) is 2.86. The molecule has 0 spiro atoms. The summed E-state index contributed by atoms with van der Waals surface area (Å²) in [4.78, 5) is 4.57. The normalized spacial score (nSPS) is 18.0. The summed E-state index contributed by atoms with van der Waals surface area (Å²) in [7, 11) is 6.95. The first-order valence-corrected chi connectivity index (χ1v) is 7.48. The molecule has 22 heavy (non-hydrogen) atoms. The van der Waals surface area contributed by atoms with E-state index >= 15 is 0 Å². The Hall–Kier alpha value is -1.50. The molecule has 1 aliphatic heterocycles. The van der Waals surface area contributed by atoms with Crippen LogP contribution in [0.3, 0.4) is 0 Å². The molecule has 6 nitrogen and oxygen atoms in total. The minimum absolute atomic E-state index is 0.0373. The van der Waals surface area contributed by atoms with E-state index in [1.165, 1.54) is 0 Å². The van der Waals surface area contributed by atoms with Gasteiger partial charge in [0.1, 0.15) is 5.75 Å². The average molecular weight is 310 g/mol. The molecule has 2 rings (SSSR count). The molecule has 1 heterocycles. The smallest absolute Gasteiger partial charge is 0.164 e. The highest BCUT2D eigenvalue weighted by atomic mass is 16.5. The van der Waals surface area contributed by atoms with Crippen molar-refractivity contribution in [1.29, 1.82) is 0 Å². The van der Waals surface area contributed by atoms with Crippen molar-refractivity contribution >= 4 is 0 Å². The lowest BCUT2D eigenvalue weighted by atomic mass is 10.0. The highest BCUT2D eigenvalue weighted by Gasteiger charge is 2.27. The van der Waals surface area contributed by atoms with E-state index in [9.17, 15) is 5.11 Å². The topological polar surface area (TPSA) is 54.4 Å². The van der Waals surface area contributed by atoms with Gasteiger partial charge in [0.15, 0.2) is 11.5 Å². The van der Waals surface area contributed by atoms with Crippen LogP contribution in [0.4, 0.5) is 0 Å². The van der Waals surface area contributed by atoms with E-state index in [0.29, 0.717) is 17.2 Å². The molecule has 1 saturated heterocycles. The molecular weight excluding hydrogens is 284 g/mol. The zero-order chi connectivity index (χ0) is 16.1. The van der Waals surface area contributed by atoms with Crippen LogP contribution in [0.2, 0.25) is 0 Å². The van der Waals surface area contributed by atoms with E-state index in [1.54, 1.807) is 21.3 Å². The molecule has 1 N–H and O–H groups in total. The van der Waals surface area contributed by atoms with E-state index in [1.807, 2.05) is 12.1 Å². The van der Waals surface area contributed by atoms with Gasteiger partial charge in [-0.25, -0.2) is 0 Å². The van der Waals surface area contributed by atoms with Crippen LogP contribution in [0.1, 0.15) is 11.6 Å². The first-order valence-electron chi connectivity index (χ1n) is 7.48. The van der Waals surface area contributed by atoms with E-state index < -0.39 is 0 Å². The zero-order valence-electron chi connectivity index (χ0n) is 13.8. The number of ether oxygens (including phenoxy) is 3. The van der Waals surface area contributed by atoms with Gasteiger partial charge in [-0.3, -0.25) is 4.90 Å². The Kier molecular flexibility index (Phi) is 5.88. The lowest BCUT2D eigenvalue weighted by Crippen LogP contribution is -2.46. The average Bonchev–Trinajstić information content (AvgIpc) is 2.56. The number of hydrogen-bond acceptors (Lipinski definition) is 6. The second-order valence-corrected chi connectivity index (χ2v) is 5.49. The third kappa shape index (κ3) is 3.45. The highest BCUT2D eigenvalue weighted by molar-refractivity contribution is 5.52. The minimum atomic E-state index is -0.108. The van der Waals surface area contributed by atoms with Gasteiger partial charge in [-0.2, -0.15) is 0 Å². The number of benzene rings is 1. The molecular formula is C16H26N2O4. The van der Waals surface area contributed by atoms with Crippen LogP contribution in [0.25, 0.3) is 0 Å². The molecule has 0 aromatic heterocycles. The second kappa shape index (κ2) is 7.67. The van der Waals surface area contributed by atoms with Crippen molar-refractivity contribution in [2.45, 2.75) is 6.04 Å². The molecule has 0 radical (unpaired) electrons. The summed E-state index contributed by atoms with van der Waals surface area (Å²) in [5.74, 6) is 1.97. The fourth-order valence-electron chi connectivity index (χ4n) is 2.86. The summed E-state index contributed by atoms with van der Waals surface area (Å²) in [6.07, 6.45) is 0. The summed E-state index contributed by atoms with van der Waals surface area (Å²) in [6.45, 7) is 3.85. The first-order chi connectivity index (χ1) is 10.6. The van der Waals surface area contributed by atoms with Crippen molar-refractivity contribution in [2.24, 2.45) is 0 Å². The van der Waals surface area contributed by atoms with Crippen LogP contribution in [0.15, 0.2) is 12.1 Å². The fraction of sp³-hybridized carbons (Fsp3) is 0.625. The van der Waals surface area contributed by atoms with Gasteiger partial charge in [0.2, 0.25) is 0 Å². The van der Waals surface area contributed by atoms with Gasteiger partial charge < -0.3 is 24.2 Å². The number of aliphatic hydroxyl groups excluding tert-OH is 1. The monoisotopic (exact) mass is 310 g/mol. The summed E-state index contributed by atoms with van der Waals surface area (Å²) in [5, 5.41) is 9.92. The Morgan fingerprint density at radius 3 is 2.00 bits per heavy atom. The van der Waals surface area contributed by atoms with E-state index in [0.717, 1.165) is 31.7 Å². The van der Waals surface area contributed by atoms with Crippen LogP contribution < -0.4 is 14.2 Å². The number of rotatable bonds is 6. The van der Waals surface area contributed by atoms with Gasteiger partial charge in [0, 0.05) is 37.8 Å². The SMILES string of the molecule is COc1cc(OC)c(C(CO)N2CCN(C)CC2)cc1OC. The van der Waals surface area contributed by atoms with Crippen LogP contribution >= 0.6 is 0 Å². The van der Waals surface area contributed by atoms with Crippen LogP contribution in [0.5, 0.6) is 17.2 Å². The number of hydrogen-bond donors (Lipinski definition) is 1. The van der Waals surface area contributed by atoms with Crippen LogP contribution in [-0.4, -0.2) is 76.1 Å². The third-order valence-electron chi connectivity index (χ3n) is 4.25. The van der Waals surface area contributed by atoms with Gasteiger partial charge in [0.25, 0.3) is 0 Å². The minimum Gasteiger partial charge on any atom is -0.496 e. The number of nitrogens with zero attached hydrogens (tertiary/aromatic N) is 2. The first kappa shape index (κ1) is 16.9. The van der Waals surface area contributed by atoms with Crippen molar-refractivity contribution in [3.8, 4) is 17.2 Å². The van der Waals surface area contributed by atoms with Crippen molar-refractivity contribution < 1.29 is 19.3 Å². The van der Waals surface area contributed by atoms with Gasteiger partial charge in [0.05, 0.1) is 34.0 Å². The Morgan fingerprint density at radius 1 is 0.955 bits per heavy atom. The summed E-state index contributed by atoms with van der Waals surface area (Å²) >= 11 is 0. The van der Waals surface area contributed by atoms with Crippen LogP contribution in [0, 0.1) is 0 Å². The molecule has 124 valence electrons. The molecule has 1 aromatic carbocycles. The van der Waals surface area contributed by atoms with Crippen molar-refractivity contribution in [3.05, 3.63) is 17.7 Å². The number of methoxy groups -OCH3 is 3. The predicted octanol–water partition coefficient (Wildman–Crippen LogP) is 0.993. The van der Waals surface area contributed by atoms with Gasteiger partial charge >= 0.3 is 0 Å². The van der Waals surface area contributed by atoms with Crippen LogP contribution in [-0.2, 0) is 0 Å². The zero-order valence-corrected chi connectivity index (χ0v) is 13.8. The molecule has 0 saturated carbocycles. The molecule has 1 atom stereocenters. The molecule has 1 fully saturated rings. The quantitative estimate of drug-likeness (QED) is 0.846. The second-order valence-electron chi connectivity index (χ2n) is 5.49. The maximum Gasteiger partial charge on any atom is 0.164 e. The highest BCUT2D eigenvalue weighted by Crippen LogP contribution is 2.39. The molecule has 6 heteroatoms. The number of aliphatic hydroxyl groups is 1. The van der Waals surface area contributed by atoms with Gasteiger partial charge in [-0.1, -0.05) is 0 Å².